The highest BCUT2D eigenvalue weighted by atomic mass is 16.4. The van der Waals surface area contributed by atoms with Crippen LogP contribution in [0.3, 0.4) is 0 Å². The molecule has 120 valence electrons. The number of carboxylic acid groups (broad SMARTS) is 1. The van der Waals surface area contributed by atoms with Crippen LogP contribution in [0.5, 0.6) is 0 Å². The quantitative estimate of drug-likeness (QED) is 0.859. The number of rotatable bonds is 3. The van der Waals surface area contributed by atoms with Crippen LogP contribution in [0.15, 0.2) is 42.5 Å². The first-order chi connectivity index (χ1) is 10.7. The van der Waals surface area contributed by atoms with Crippen LogP contribution in [0.1, 0.15) is 66.2 Å². The summed E-state index contributed by atoms with van der Waals surface area (Å²) in [5, 5.41) is 9.06. The first-order valence-electron chi connectivity index (χ1n) is 8.19. The van der Waals surface area contributed by atoms with E-state index in [1.165, 1.54) is 22.3 Å². The summed E-state index contributed by atoms with van der Waals surface area (Å²) in [7, 11) is 0. The molecule has 1 aliphatic rings. The molecule has 1 fully saturated rings. The first kappa shape index (κ1) is 15.8. The van der Waals surface area contributed by atoms with Gasteiger partial charge in [0.15, 0.2) is 0 Å². The summed E-state index contributed by atoms with van der Waals surface area (Å²) >= 11 is 0. The van der Waals surface area contributed by atoms with E-state index in [9.17, 15) is 4.79 Å². The highest BCUT2D eigenvalue weighted by Crippen LogP contribution is 2.54. The molecule has 1 N–H and O–H groups in total. The maximum absolute atomic E-state index is 11.0. The molecule has 2 aromatic rings. The van der Waals surface area contributed by atoms with Gasteiger partial charge in [-0.25, -0.2) is 4.79 Å². The maximum atomic E-state index is 11.0. The normalized spacial score (nSPS) is 16.2. The summed E-state index contributed by atoms with van der Waals surface area (Å²) in [5.74, 6) is -0.868. The van der Waals surface area contributed by atoms with Crippen molar-refractivity contribution in [3.8, 4) is 0 Å². The maximum Gasteiger partial charge on any atom is 0.335 e. The molecule has 2 heteroatoms. The van der Waals surface area contributed by atoms with E-state index in [4.69, 9.17) is 5.11 Å². The van der Waals surface area contributed by atoms with Gasteiger partial charge in [-0.2, -0.15) is 0 Å². The molecule has 0 aliphatic heterocycles. The van der Waals surface area contributed by atoms with Crippen molar-refractivity contribution in [3.63, 3.8) is 0 Å². The van der Waals surface area contributed by atoms with Crippen LogP contribution < -0.4 is 0 Å². The minimum absolute atomic E-state index is 0.0809. The molecule has 0 radical (unpaired) electrons. The van der Waals surface area contributed by atoms with E-state index in [0.29, 0.717) is 5.56 Å². The highest BCUT2D eigenvalue weighted by molar-refractivity contribution is 5.87. The molecule has 0 saturated heterocycles. The van der Waals surface area contributed by atoms with Gasteiger partial charge in [0.05, 0.1) is 5.56 Å². The van der Waals surface area contributed by atoms with E-state index in [-0.39, 0.29) is 10.8 Å². The largest absolute Gasteiger partial charge is 0.478 e. The molecule has 2 nitrogen and oxygen atoms in total. The molecule has 0 heterocycles. The Morgan fingerprint density at radius 2 is 1.65 bits per heavy atom. The Hall–Kier alpha value is -2.09. The molecule has 0 unspecified atom stereocenters. The molecular formula is C21H24O2. The van der Waals surface area contributed by atoms with Crippen LogP contribution in [0.2, 0.25) is 0 Å². The van der Waals surface area contributed by atoms with E-state index in [2.05, 4.69) is 45.9 Å². The van der Waals surface area contributed by atoms with E-state index < -0.39 is 5.97 Å². The third kappa shape index (κ3) is 2.78. The summed E-state index contributed by atoms with van der Waals surface area (Å²) in [6.07, 6.45) is 2.27. The lowest BCUT2D eigenvalue weighted by Gasteiger charge is -2.24. The number of aryl methyl sites for hydroxylation is 1. The summed E-state index contributed by atoms with van der Waals surface area (Å²) in [6.45, 7) is 8.90. The average molecular weight is 308 g/mol. The van der Waals surface area contributed by atoms with Gasteiger partial charge >= 0.3 is 5.97 Å². The zero-order valence-electron chi connectivity index (χ0n) is 14.3. The lowest BCUT2D eigenvalue weighted by Crippen LogP contribution is -2.15. The van der Waals surface area contributed by atoms with Crippen molar-refractivity contribution in [1.82, 2.24) is 0 Å². The number of benzene rings is 2. The van der Waals surface area contributed by atoms with Crippen LogP contribution in [0.25, 0.3) is 0 Å². The Morgan fingerprint density at radius 1 is 1.04 bits per heavy atom. The molecule has 23 heavy (non-hydrogen) atoms. The van der Waals surface area contributed by atoms with E-state index >= 15 is 0 Å². The second-order valence-corrected chi connectivity index (χ2v) is 7.74. The number of hydrogen-bond donors (Lipinski definition) is 1. The van der Waals surface area contributed by atoms with Crippen molar-refractivity contribution in [1.29, 1.82) is 0 Å². The fourth-order valence-corrected chi connectivity index (χ4v) is 3.44. The van der Waals surface area contributed by atoms with Crippen molar-refractivity contribution in [2.45, 2.75) is 51.4 Å². The number of carbonyl (C=O) groups is 1. The molecule has 0 aromatic heterocycles. The molecule has 2 aromatic carbocycles. The number of carboxylic acids is 1. The Bertz CT molecular complexity index is 744. The zero-order chi connectivity index (χ0) is 16.8. The SMILES string of the molecule is Cc1cc(C(C)(C)C)ccc1C1(c2ccc(C(=O)O)cc2)CC1. The molecule has 0 atom stereocenters. The summed E-state index contributed by atoms with van der Waals surface area (Å²) < 4.78 is 0. The van der Waals surface area contributed by atoms with Gasteiger partial charge in [0.1, 0.15) is 0 Å². The van der Waals surface area contributed by atoms with Crippen molar-refractivity contribution in [2.75, 3.05) is 0 Å². The van der Waals surface area contributed by atoms with Crippen LogP contribution in [0.4, 0.5) is 0 Å². The third-order valence-corrected chi connectivity index (χ3v) is 5.04. The third-order valence-electron chi connectivity index (χ3n) is 5.04. The predicted octanol–water partition coefficient (Wildman–Crippen LogP) is 5.07. The lowest BCUT2D eigenvalue weighted by molar-refractivity contribution is 0.0697. The summed E-state index contributed by atoms with van der Waals surface area (Å²) in [4.78, 5) is 11.0. The minimum Gasteiger partial charge on any atom is -0.478 e. The van der Waals surface area contributed by atoms with Gasteiger partial charge in [-0.05, 0) is 59.6 Å². The van der Waals surface area contributed by atoms with E-state index in [1.54, 1.807) is 12.1 Å². The van der Waals surface area contributed by atoms with Gasteiger partial charge in [0, 0.05) is 5.41 Å². The van der Waals surface area contributed by atoms with Crippen LogP contribution in [-0.2, 0) is 10.8 Å². The van der Waals surface area contributed by atoms with Gasteiger partial charge in [0.2, 0.25) is 0 Å². The molecule has 0 spiro atoms. The Kier molecular flexibility index (Phi) is 3.59. The van der Waals surface area contributed by atoms with Gasteiger partial charge in [0.25, 0.3) is 0 Å². The van der Waals surface area contributed by atoms with Crippen molar-refractivity contribution in [2.24, 2.45) is 0 Å². The fraction of sp³-hybridized carbons (Fsp3) is 0.381. The Labute approximate surface area is 138 Å². The van der Waals surface area contributed by atoms with Gasteiger partial charge in [-0.3, -0.25) is 0 Å². The molecule has 3 rings (SSSR count). The Morgan fingerprint density at radius 3 is 2.09 bits per heavy atom. The standard InChI is InChI=1S/C21H24O2/c1-14-13-17(20(2,3)4)9-10-18(14)21(11-12-21)16-7-5-15(6-8-16)19(22)23/h5-10,13H,11-12H2,1-4H3,(H,22,23). The van der Waals surface area contributed by atoms with E-state index in [1.807, 2.05) is 12.1 Å². The minimum atomic E-state index is -0.868. The molecule has 0 amide bonds. The van der Waals surface area contributed by atoms with Crippen LogP contribution in [0, 0.1) is 6.92 Å². The van der Waals surface area contributed by atoms with Crippen molar-refractivity contribution >= 4 is 5.97 Å². The number of aromatic carboxylic acids is 1. The van der Waals surface area contributed by atoms with Gasteiger partial charge in [-0.1, -0.05) is 51.1 Å². The van der Waals surface area contributed by atoms with Crippen LogP contribution in [-0.4, -0.2) is 11.1 Å². The zero-order valence-corrected chi connectivity index (χ0v) is 14.3. The van der Waals surface area contributed by atoms with Gasteiger partial charge < -0.3 is 5.11 Å². The monoisotopic (exact) mass is 308 g/mol. The molecule has 0 bridgehead atoms. The highest BCUT2D eigenvalue weighted by Gasteiger charge is 2.46. The van der Waals surface area contributed by atoms with Gasteiger partial charge in [-0.15, -0.1) is 0 Å². The topological polar surface area (TPSA) is 37.3 Å². The fourth-order valence-electron chi connectivity index (χ4n) is 3.44. The lowest BCUT2D eigenvalue weighted by atomic mass is 9.80. The van der Waals surface area contributed by atoms with E-state index in [0.717, 1.165) is 12.8 Å². The van der Waals surface area contributed by atoms with Crippen molar-refractivity contribution in [3.05, 3.63) is 70.3 Å². The summed E-state index contributed by atoms with van der Waals surface area (Å²) in [6, 6.07) is 14.2. The average Bonchev–Trinajstić information content (AvgIpc) is 3.28. The number of hydrogen-bond acceptors (Lipinski definition) is 1. The first-order valence-corrected chi connectivity index (χ1v) is 8.19. The van der Waals surface area contributed by atoms with Crippen LogP contribution >= 0.6 is 0 Å². The summed E-state index contributed by atoms with van der Waals surface area (Å²) in [5.41, 5.74) is 5.89. The molecule has 1 aliphatic carbocycles. The Balaban J connectivity index is 1.99. The predicted molar refractivity (Wildman–Crippen MR) is 93.3 cm³/mol. The second-order valence-electron chi connectivity index (χ2n) is 7.74. The second kappa shape index (κ2) is 5.23. The van der Waals surface area contributed by atoms with Crippen molar-refractivity contribution < 1.29 is 9.90 Å². The molecule has 1 saturated carbocycles. The smallest absolute Gasteiger partial charge is 0.335 e. The molecular weight excluding hydrogens is 284 g/mol.